The second-order valence-corrected chi connectivity index (χ2v) is 5.50. The predicted octanol–water partition coefficient (Wildman–Crippen LogP) is 0.436. The Hall–Kier alpha value is -3.50. The van der Waals surface area contributed by atoms with Gasteiger partial charge in [-0.2, -0.15) is 4.98 Å². The Morgan fingerprint density at radius 2 is 2.23 bits per heavy atom. The van der Waals surface area contributed by atoms with Gasteiger partial charge in [-0.1, -0.05) is 5.16 Å². The van der Waals surface area contributed by atoms with Crippen molar-refractivity contribution in [2.75, 3.05) is 18.0 Å². The lowest BCUT2D eigenvalue weighted by atomic mass is 10.1. The van der Waals surface area contributed by atoms with Gasteiger partial charge in [-0.25, -0.2) is 9.18 Å². The molecule has 136 valence electrons. The molecular formula is C15H14FN5O5. The highest BCUT2D eigenvalue weighted by Crippen LogP contribution is 2.27. The van der Waals surface area contributed by atoms with E-state index in [1.165, 1.54) is 24.0 Å². The quantitative estimate of drug-likeness (QED) is 0.785. The first-order chi connectivity index (χ1) is 12.3. The zero-order valence-corrected chi connectivity index (χ0v) is 13.6. The molecule has 1 atom stereocenters. The van der Waals surface area contributed by atoms with E-state index in [2.05, 4.69) is 20.0 Å². The molecule has 2 heterocycles. The average molecular weight is 363 g/mol. The van der Waals surface area contributed by atoms with Crippen molar-refractivity contribution in [3.8, 4) is 11.4 Å². The summed E-state index contributed by atoms with van der Waals surface area (Å²) >= 11 is 0. The van der Waals surface area contributed by atoms with E-state index in [4.69, 9.17) is 10.5 Å². The van der Waals surface area contributed by atoms with E-state index in [9.17, 15) is 18.8 Å². The van der Waals surface area contributed by atoms with E-state index in [-0.39, 0.29) is 36.1 Å². The molecule has 3 rings (SSSR count). The lowest BCUT2D eigenvalue weighted by molar-refractivity contribution is -0.119. The number of hydrogen-bond acceptors (Lipinski definition) is 7. The zero-order valence-electron chi connectivity index (χ0n) is 13.6. The van der Waals surface area contributed by atoms with E-state index >= 15 is 0 Å². The monoisotopic (exact) mass is 363 g/mol. The number of aromatic nitrogens is 2. The van der Waals surface area contributed by atoms with E-state index < -0.39 is 29.8 Å². The second kappa shape index (κ2) is 6.78. The Balaban J connectivity index is 1.77. The maximum absolute atomic E-state index is 14.4. The molecule has 0 unspecified atom stereocenters. The number of carbonyl (C=O) groups excluding carboxylic acids is 3. The summed E-state index contributed by atoms with van der Waals surface area (Å²) in [7, 11) is 0. The topological polar surface area (TPSA) is 141 Å². The van der Waals surface area contributed by atoms with Crippen LogP contribution in [0.25, 0.3) is 11.4 Å². The number of hydrogen-bond donors (Lipinski definition) is 2. The van der Waals surface area contributed by atoms with Gasteiger partial charge in [0.1, 0.15) is 11.9 Å². The van der Waals surface area contributed by atoms with Crippen LogP contribution in [0.4, 0.5) is 14.9 Å². The van der Waals surface area contributed by atoms with Crippen molar-refractivity contribution in [3.63, 3.8) is 0 Å². The standard InChI is InChI=1S/C15H14FN5O5/c1-7(22)18-5-9-6-21(15(24)25-9)8-2-3-10(11(16)4-8)13-19-14(12(17)23)26-20-13/h2-4,9H,5-6H2,1H3,(H2,17,23)(H,18,22)/t9-/m0/s1. The van der Waals surface area contributed by atoms with Crippen LogP contribution in [-0.2, 0) is 9.53 Å². The lowest BCUT2D eigenvalue weighted by Crippen LogP contribution is -2.33. The second-order valence-electron chi connectivity index (χ2n) is 5.50. The molecule has 3 amide bonds. The molecule has 1 aromatic heterocycles. The number of benzene rings is 1. The van der Waals surface area contributed by atoms with Crippen LogP contribution in [0.15, 0.2) is 22.7 Å². The minimum atomic E-state index is -0.925. The van der Waals surface area contributed by atoms with E-state index in [1.807, 2.05) is 0 Å². The van der Waals surface area contributed by atoms with Crippen LogP contribution in [0.3, 0.4) is 0 Å². The first kappa shape index (κ1) is 17.3. The Bertz CT molecular complexity index is 883. The fourth-order valence-electron chi connectivity index (χ4n) is 2.38. The maximum atomic E-state index is 14.4. The largest absolute Gasteiger partial charge is 0.442 e. The van der Waals surface area contributed by atoms with Crippen molar-refractivity contribution in [2.24, 2.45) is 5.73 Å². The number of ether oxygens (including phenoxy) is 1. The number of carbonyl (C=O) groups is 3. The van der Waals surface area contributed by atoms with Gasteiger partial charge in [-0.15, -0.1) is 0 Å². The molecule has 26 heavy (non-hydrogen) atoms. The predicted molar refractivity (Wildman–Crippen MR) is 84.5 cm³/mol. The fraction of sp³-hybridized carbons (Fsp3) is 0.267. The number of anilines is 1. The van der Waals surface area contributed by atoms with Gasteiger partial charge in [0.15, 0.2) is 0 Å². The molecule has 0 spiro atoms. The van der Waals surface area contributed by atoms with Gasteiger partial charge in [0.2, 0.25) is 11.7 Å². The Kier molecular flexibility index (Phi) is 4.52. The number of nitrogens with zero attached hydrogens (tertiary/aromatic N) is 3. The molecule has 0 aliphatic carbocycles. The van der Waals surface area contributed by atoms with Gasteiger partial charge in [0.05, 0.1) is 24.3 Å². The minimum absolute atomic E-state index is 0.0210. The number of nitrogens with two attached hydrogens (primary N) is 1. The molecule has 0 saturated carbocycles. The van der Waals surface area contributed by atoms with Crippen LogP contribution in [0.1, 0.15) is 17.6 Å². The number of primary amides is 1. The molecule has 1 fully saturated rings. The van der Waals surface area contributed by atoms with E-state index in [1.54, 1.807) is 0 Å². The third-order valence-electron chi connectivity index (χ3n) is 3.59. The summed E-state index contributed by atoms with van der Waals surface area (Å²) in [6, 6.07) is 3.92. The highest BCUT2D eigenvalue weighted by molar-refractivity contribution is 5.90. The number of nitrogens with one attached hydrogen (secondary N) is 1. The minimum Gasteiger partial charge on any atom is -0.442 e. The fourth-order valence-corrected chi connectivity index (χ4v) is 2.38. The van der Waals surface area contributed by atoms with E-state index in [0.29, 0.717) is 0 Å². The third-order valence-corrected chi connectivity index (χ3v) is 3.59. The van der Waals surface area contributed by atoms with Crippen molar-refractivity contribution in [2.45, 2.75) is 13.0 Å². The molecule has 1 aliphatic rings. The Morgan fingerprint density at radius 1 is 1.46 bits per heavy atom. The first-order valence-corrected chi connectivity index (χ1v) is 7.51. The number of halogens is 1. The van der Waals surface area contributed by atoms with Crippen LogP contribution in [-0.4, -0.2) is 47.2 Å². The molecule has 3 N–H and O–H groups in total. The molecule has 1 aromatic carbocycles. The maximum Gasteiger partial charge on any atom is 0.414 e. The Morgan fingerprint density at radius 3 is 2.85 bits per heavy atom. The van der Waals surface area contributed by atoms with Crippen LogP contribution in [0.5, 0.6) is 0 Å². The van der Waals surface area contributed by atoms with Crippen molar-refractivity contribution < 1.29 is 28.0 Å². The molecule has 10 nitrogen and oxygen atoms in total. The van der Waals surface area contributed by atoms with Crippen LogP contribution >= 0.6 is 0 Å². The molecule has 1 saturated heterocycles. The van der Waals surface area contributed by atoms with Gasteiger partial charge in [0.25, 0.3) is 0 Å². The molecule has 1 aliphatic heterocycles. The smallest absolute Gasteiger partial charge is 0.414 e. The summed E-state index contributed by atoms with van der Waals surface area (Å²) in [5, 5.41) is 6.04. The van der Waals surface area contributed by atoms with Crippen molar-refractivity contribution >= 4 is 23.6 Å². The van der Waals surface area contributed by atoms with Crippen molar-refractivity contribution in [1.82, 2.24) is 15.5 Å². The molecular weight excluding hydrogens is 349 g/mol. The van der Waals surface area contributed by atoms with Gasteiger partial charge >= 0.3 is 17.9 Å². The van der Waals surface area contributed by atoms with Gasteiger partial charge < -0.3 is 20.3 Å². The summed E-state index contributed by atoms with van der Waals surface area (Å²) in [4.78, 5) is 38.8. The number of rotatable bonds is 5. The van der Waals surface area contributed by atoms with Crippen LogP contribution in [0.2, 0.25) is 0 Å². The lowest BCUT2D eigenvalue weighted by Gasteiger charge is -2.13. The van der Waals surface area contributed by atoms with Gasteiger partial charge in [-0.3, -0.25) is 14.5 Å². The first-order valence-electron chi connectivity index (χ1n) is 7.51. The molecule has 11 heteroatoms. The van der Waals surface area contributed by atoms with Gasteiger partial charge in [0, 0.05) is 6.92 Å². The summed E-state index contributed by atoms with van der Waals surface area (Å²) in [5.74, 6) is -2.48. The SMILES string of the molecule is CC(=O)NC[C@H]1CN(c2ccc(-c3noc(C(N)=O)n3)c(F)c2)C(=O)O1. The van der Waals surface area contributed by atoms with Crippen LogP contribution in [0, 0.1) is 5.82 Å². The Labute approximate surface area is 146 Å². The number of cyclic esters (lactones) is 1. The third kappa shape index (κ3) is 3.45. The van der Waals surface area contributed by atoms with Crippen molar-refractivity contribution in [1.29, 1.82) is 0 Å². The highest BCUT2D eigenvalue weighted by atomic mass is 19.1. The molecule has 0 bridgehead atoms. The van der Waals surface area contributed by atoms with Crippen molar-refractivity contribution in [3.05, 3.63) is 29.9 Å². The molecule has 2 aromatic rings. The molecule has 0 radical (unpaired) electrons. The summed E-state index contributed by atoms with van der Waals surface area (Å²) in [6.45, 7) is 1.67. The van der Waals surface area contributed by atoms with Crippen LogP contribution < -0.4 is 16.0 Å². The summed E-state index contributed by atoms with van der Waals surface area (Å²) < 4.78 is 24.1. The van der Waals surface area contributed by atoms with Gasteiger partial charge in [-0.05, 0) is 18.2 Å². The normalized spacial score (nSPS) is 16.5. The number of amides is 3. The zero-order chi connectivity index (χ0) is 18.8. The highest BCUT2D eigenvalue weighted by Gasteiger charge is 2.33. The average Bonchev–Trinajstić information content (AvgIpc) is 3.20. The summed E-state index contributed by atoms with van der Waals surface area (Å²) in [6.07, 6.45) is -1.19. The van der Waals surface area contributed by atoms with E-state index in [0.717, 1.165) is 6.07 Å². The summed E-state index contributed by atoms with van der Waals surface area (Å²) in [5.41, 5.74) is 5.25.